The third-order valence-corrected chi connectivity index (χ3v) is 13.5. The highest BCUT2D eigenvalue weighted by atomic mass is 16.3. The van der Waals surface area contributed by atoms with Gasteiger partial charge in [-0.1, -0.05) is 71.4 Å². The molecule has 82 heavy (non-hydrogen) atoms. The smallest absolute Gasteiger partial charge is 0.245 e. The lowest BCUT2D eigenvalue weighted by molar-refractivity contribution is -0.143. The lowest BCUT2D eigenvalue weighted by Crippen LogP contribution is -2.62. The number of nitrogens with zero attached hydrogens (tertiary/aromatic N) is 2. The van der Waals surface area contributed by atoms with E-state index in [9.17, 15) is 58.5 Å². The lowest BCUT2D eigenvalue weighted by atomic mass is 9.99. The molecule has 0 fully saturated rings. The number of hydrogen-bond acceptors (Lipinski definition) is 15. The van der Waals surface area contributed by atoms with E-state index in [4.69, 9.17) is 28.7 Å². The van der Waals surface area contributed by atoms with Crippen molar-refractivity contribution in [2.24, 2.45) is 45.5 Å². The fourth-order valence-corrected chi connectivity index (χ4v) is 8.90. The van der Waals surface area contributed by atoms with Crippen LogP contribution in [0.1, 0.15) is 105 Å². The normalized spacial score (nSPS) is 15.4. The molecular weight excluding hydrogens is 1060 g/mol. The molecule has 454 valence electrons. The number of aliphatic hydroxyl groups excluding tert-OH is 2. The van der Waals surface area contributed by atoms with Crippen molar-refractivity contribution in [2.45, 2.75) is 173 Å². The van der Waals surface area contributed by atoms with Crippen LogP contribution in [0, 0.1) is 11.8 Å². The van der Waals surface area contributed by atoms with Gasteiger partial charge in [0.2, 0.25) is 53.2 Å². The Bertz CT molecular complexity index is 2660. The molecule has 3 rings (SSSR count). The average molecular weight is 1150 g/mol. The van der Waals surface area contributed by atoms with Crippen LogP contribution in [0.2, 0.25) is 0 Å². The maximum Gasteiger partial charge on any atom is 0.245 e. The van der Waals surface area contributed by atoms with Crippen LogP contribution >= 0.6 is 0 Å². The van der Waals surface area contributed by atoms with Gasteiger partial charge in [-0.2, -0.15) is 0 Å². The predicted molar refractivity (Wildman–Crippen MR) is 307 cm³/mol. The molecule has 9 amide bonds. The third-order valence-electron chi connectivity index (χ3n) is 13.5. The standard InChI is InChI=1S/C55H87N15O12/c1-9-13-38(49(77)65-39(21-22-43(57)73)54(82)70(8)42(16-12-23-61-55(59)60)51(79)66-40(46(58)74)25-32-17-19-34(72)20-18-32)64-53(81)45(31(7)71)69-52(80)44(29(4)5)68-50(78)41(26-33-27-62-37-15-11-10-14-35(33)37)67-47(75)30(6)63-48(76)36(56)24-28(2)3/h10-11,14-15,17-20,27-31,36,38-45,62,71-73H,9,12-13,16,21-26,56-57H2,1-8H3,(H2,58,74)(H,63,76)(H,64,81)(H,65,77)(H,66,79)(H,67,75)(H,68,78)(H,69,80)(H4,59,60,61). The van der Waals surface area contributed by atoms with Crippen LogP contribution in [-0.2, 0) is 56.0 Å². The fraction of sp³-hybridized carbons (Fsp3) is 0.564. The number of benzene rings is 2. The van der Waals surface area contributed by atoms with E-state index in [0.29, 0.717) is 24.0 Å². The minimum absolute atomic E-state index is 0.0269. The van der Waals surface area contributed by atoms with Crippen LogP contribution in [0.5, 0.6) is 5.75 Å². The number of rotatable bonds is 34. The molecule has 0 spiro atoms. The minimum atomic E-state index is -1.72. The number of carbonyl (C=O) groups is 9. The molecule has 0 saturated heterocycles. The van der Waals surface area contributed by atoms with Gasteiger partial charge in [-0.15, -0.1) is 0 Å². The second-order valence-corrected chi connectivity index (χ2v) is 21.4. The van der Waals surface area contributed by atoms with Crippen molar-refractivity contribution in [1.29, 1.82) is 0 Å². The van der Waals surface area contributed by atoms with Gasteiger partial charge in [0.25, 0.3) is 0 Å². The number of carbonyl (C=O) groups excluding carboxylic acids is 9. The fourth-order valence-electron chi connectivity index (χ4n) is 8.90. The highest BCUT2D eigenvalue weighted by molar-refractivity contribution is 5.99. The number of aromatic amines is 1. The van der Waals surface area contributed by atoms with Crippen LogP contribution in [0.3, 0.4) is 0 Å². The van der Waals surface area contributed by atoms with Crippen molar-refractivity contribution in [3.05, 3.63) is 65.9 Å². The Morgan fingerprint density at radius 1 is 0.634 bits per heavy atom. The van der Waals surface area contributed by atoms with Crippen molar-refractivity contribution in [2.75, 3.05) is 13.6 Å². The number of amides is 9. The quantitative estimate of drug-likeness (QED) is 0.0129. The maximum absolute atomic E-state index is 14.5. The van der Waals surface area contributed by atoms with E-state index in [1.807, 2.05) is 32.0 Å². The zero-order valence-corrected chi connectivity index (χ0v) is 48.1. The van der Waals surface area contributed by atoms with Gasteiger partial charge in [0, 0.05) is 43.5 Å². The first-order chi connectivity index (χ1) is 38.5. The number of para-hydroxylation sites is 1. The number of nitrogens with one attached hydrogen (secondary N) is 8. The van der Waals surface area contributed by atoms with Crippen molar-refractivity contribution < 1.29 is 58.5 Å². The number of hydrogen-bond donors (Lipinski definition) is 16. The first-order valence-corrected chi connectivity index (χ1v) is 27.5. The molecule has 3 aromatic rings. The second-order valence-electron chi connectivity index (χ2n) is 21.4. The summed E-state index contributed by atoms with van der Waals surface area (Å²) in [4.78, 5) is 133. The number of aromatic hydroxyl groups is 1. The van der Waals surface area contributed by atoms with Crippen molar-refractivity contribution >= 4 is 70.0 Å². The largest absolute Gasteiger partial charge is 0.508 e. The molecule has 0 saturated carbocycles. The number of phenols is 1. The predicted octanol–water partition coefficient (Wildman–Crippen LogP) is -2.29. The number of nitrogens with two attached hydrogens (primary N) is 5. The zero-order chi connectivity index (χ0) is 61.5. The molecule has 27 nitrogen and oxygen atoms in total. The summed E-state index contributed by atoms with van der Waals surface area (Å²) in [6.45, 7) is 11.4. The Morgan fingerprint density at radius 2 is 1.22 bits per heavy atom. The van der Waals surface area contributed by atoms with E-state index in [1.165, 1.54) is 45.2 Å². The molecule has 21 N–H and O–H groups in total. The van der Waals surface area contributed by atoms with Gasteiger partial charge in [-0.25, -0.2) is 0 Å². The molecule has 1 aromatic heterocycles. The summed E-state index contributed by atoms with van der Waals surface area (Å²) in [6, 6.07) is 1.25. The Morgan fingerprint density at radius 3 is 1.80 bits per heavy atom. The number of aliphatic imine (C=N–C) groups is 1. The topological polar surface area (TPSA) is 460 Å². The van der Waals surface area contributed by atoms with E-state index >= 15 is 0 Å². The number of aromatic nitrogens is 1. The maximum atomic E-state index is 14.5. The summed E-state index contributed by atoms with van der Waals surface area (Å²) < 4.78 is 0. The summed E-state index contributed by atoms with van der Waals surface area (Å²) in [5.41, 5.74) is 30.4. The summed E-state index contributed by atoms with van der Waals surface area (Å²) in [5.74, 6) is -8.24. The van der Waals surface area contributed by atoms with Crippen LogP contribution in [0.4, 0.5) is 0 Å². The van der Waals surface area contributed by atoms with Gasteiger partial charge in [0.05, 0.1) is 12.1 Å². The SMILES string of the molecule is CCCC(NC(=O)C(NC(=O)C(NC(=O)C(Cc1c[nH]c2ccccc12)NC(=O)C(C)NC(=O)C(N)CC(C)C)C(C)C)C(C)O)C(=O)NC(CCC(N)O)C(=O)N(C)C(CCCN=C(N)N)C(=O)NC(Cc1ccc(O)cc1)C(N)=O. The molecule has 11 unspecified atom stereocenters. The number of H-pyrrole nitrogens is 1. The van der Waals surface area contributed by atoms with E-state index in [-0.39, 0.29) is 69.1 Å². The monoisotopic (exact) mass is 1150 g/mol. The molecule has 0 bridgehead atoms. The average Bonchev–Trinajstić information content (AvgIpc) is 3.92. The second kappa shape index (κ2) is 33.1. The zero-order valence-electron chi connectivity index (χ0n) is 48.1. The van der Waals surface area contributed by atoms with Gasteiger partial charge >= 0.3 is 0 Å². The Balaban J connectivity index is 1.88. The van der Waals surface area contributed by atoms with Crippen molar-refractivity contribution in [1.82, 2.24) is 47.1 Å². The molecule has 11 atom stereocenters. The minimum Gasteiger partial charge on any atom is -0.508 e. The number of primary amides is 1. The highest BCUT2D eigenvalue weighted by Gasteiger charge is 2.38. The van der Waals surface area contributed by atoms with E-state index in [0.717, 1.165) is 15.8 Å². The van der Waals surface area contributed by atoms with E-state index < -0.39 is 126 Å². The number of fused-ring (bicyclic) bond motifs is 1. The molecule has 2 aromatic carbocycles. The van der Waals surface area contributed by atoms with E-state index in [1.54, 1.807) is 33.0 Å². The van der Waals surface area contributed by atoms with Gasteiger partial charge in [0.15, 0.2) is 5.96 Å². The molecule has 1 heterocycles. The number of aliphatic hydroxyl groups is 2. The van der Waals surface area contributed by atoms with Crippen LogP contribution < -0.4 is 65.9 Å². The number of likely N-dealkylation sites (N-methyl/N-ethyl adjacent to an activating group) is 1. The first-order valence-electron chi connectivity index (χ1n) is 27.5. The van der Waals surface area contributed by atoms with E-state index in [2.05, 4.69) is 47.2 Å². The van der Waals surface area contributed by atoms with Gasteiger partial charge in [-0.05, 0) is 93.5 Å². The van der Waals surface area contributed by atoms with Crippen molar-refractivity contribution in [3.63, 3.8) is 0 Å². The molecule has 0 radical (unpaired) electrons. The molecular formula is C55H87N15O12. The summed E-state index contributed by atoms with van der Waals surface area (Å²) in [6.07, 6.45) is -1.24. The Kier molecular flexibility index (Phi) is 27.6. The van der Waals surface area contributed by atoms with Gasteiger partial charge in [-0.3, -0.25) is 48.1 Å². The van der Waals surface area contributed by atoms with Crippen LogP contribution in [-0.4, -0.2) is 165 Å². The molecule has 27 heteroatoms. The summed E-state index contributed by atoms with van der Waals surface area (Å²) in [5, 5.41) is 49.8. The number of phenolic OH excluding ortho intramolecular Hbond substituents is 1. The highest BCUT2D eigenvalue weighted by Crippen LogP contribution is 2.20. The Hall–Kier alpha value is -7.88. The van der Waals surface area contributed by atoms with Crippen LogP contribution in [0.25, 0.3) is 10.9 Å². The van der Waals surface area contributed by atoms with Crippen molar-refractivity contribution in [3.8, 4) is 5.75 Å². The summed E-state index contributed by atoms with van der Waals surface area (Å²) >= 11 is 0. The summed E-state index contributed by atoms with van der Waals surface area (Å²) in [7, 11) is 1.28. The third kappa shape index (κ3) is 21.9. The molecule has 0 aliphatic carbocycles. The molecule has 0 aliphatic rings. The van der Waals surface area contributed by atoms with Gasteiger partial charge < -0.3 is 91.1 Å². The number of guanidine groups is 1. The first kappa shape index (κ1) is 68.4. The molecule has 0 aliphatic heterocycles. The van der Waals surface area contributed by atoms with Gasteiger partial charge in [0.1, 0.15) is 60.3 Å². The Labute approximate surface area is 477 Å². The lowest BCUT2D eigenvalue weighted by Gasteiger charge is -2.33. The van der Waals surface area contributed by atoms with Crippen LogP contribution in [0.15, 0.2) is 59.7 Å².